The van der Waals surface area contributed by atoms with Crippen molar-refractivity contribution in [2.75, 3.05) is 24.6 Å². The van der Waals surface area contributed by atoms with Gasteiger partial charge in [-0.05, 0) is 31.4 Å². The molecular formula is C17H17F2N3OS. The first-order valence-electron chi connectivity index (χ1n) is 8.08. The molecule has 1 aromatic heterocycles. The molecule has 1 saturated heterocycles. The third-order valence-electron chi connectivity index (χ3n) is 4.58. The lowest BCUT2D eigenvalue weighted by Gasteiger charge is -2.25. The lowest BCUT2D eigenvalue weighted by molar-refractivity contribution is 0.0765. The Labute approximate surface area is 142 Å². The molecule has 1 amide bonds. The first-order valence-corrected chi connectivity index (χ1v) is 9.24. The maximum Gasteiger partial charge on any atom is 0.274 e. The average molecular weight is 349 g/mol. The van der Waals surface area contributed by atoms with Crippen LogP contribution in [0.5, 0.6) is 0 Å². The second-order valence-corrected chi connectivity index (χ2v) is 7.27. The molecule has 0 unspecified atom stereocenters. The Hall–Kier alpha value is -1.89. The van der Waals surface area contributed by atoms with E-state index in [2.05, 4.69) is 5.10 Å². The third-order valence-corrected chi connectivity index (χ3v) is 5.52. The molecule has 7 heteroatoms. The van der Waals surface area contributed by atoms with Gasteiger partial charge in [-0.25, -0.2) is 13.5 Å². The van der Waals surface area contributed by atoms with Crippen LogP contribution < -0.4 is 0 Å². The van der Waals surface area contributed by atoms with Crippen molar-refractivity contribution in [3.05, 3.63) is 46.8 Å². The average Bonchev–Trinajstić information content (AvgIpc) is 3.20. The summed E-state index contributed by atoms with van der Waals surface area (Å²) >= 11 is 1.85. The van der Waals surface area contributed by atoms with Gasteiger partial charge >= 0.3 is 0 Å². The van der Waals surface area contributed by atoms with Gasteiger partial charge in [0.1, 0.15) is 0 Å². The highest BCUT2D eigenvalue weighted by Gasteiger charge is 2.30. The Kier molecular flexibility index (Phi) is 4.04. The second-order valence-electron chi connectivity index (χ2n) is 6.04. The maximum atomic E-state index is 13.6. The summed E-state index contributed by atoms with van der Waals surface area (Å²) in [4.78, 5) is 14.7. The molecule has 1 aromatic carbocycles. The topological polar surface area (TPSA) is 38.1 Å². The third kappa shape index (κ3) is 2.60. The smallest absolute Gasteiger partial charge is 0.274 e. The number of thioether (sulfide) groups is 1. The summed E-state index contributed by atoms with van der Waals surface area (Å²) < 4.78 is 28.4. The van der Waals surface area contributed by atoms with Gasteiger partial charge in [-0.3, -0.25) is 4.79 Å². The molecule has 126 valence electrons. The number of rotatable bonds is 2. The number of hydrogen-bond acceptors (Lipinski definition) is 3. The van der Waals surface area contributed by atoms with Gasteiger partial charge < -0.3 is 4.90 Å². The monoisotopic (exact) mass is 349 g/mol. The highest BCUT2D eigenvalue weighted by Crippen LogP contribution is 2.29. The molecule has 2 aliphatic rings. The van der Waals surface area contributed by atoms with E-state index < -0.39 is 11.6 Å². The predicted molar refractivity (Wildman–Crippen MR) is 88.7 cm³/mol. The molecule has 1 aliphatic heterocycles. The summed E-state index contributed by atoms with van der Waals surface area (Å²) in [5.74, 6) is 0.0467. The molecule has 0 spiro atoms. The van der Waals surface area contributed by atoms with E-state index in [1.807, 2.05) is 16.7 Å². The van der Waals surface area contributed by atoms with E-state index >= 15 is 0 Å². The van der Waals surface area contributed by atoms with E-state index in [1.54, 1.807) is 4.68 Å². The lowest BCUT2D eigenvalue weighted by Crippen LogP contribution is -2.38. The Bertz CT molecular complexity index is 799. The molecule has 2 heterocycles. The number of carbonyl (C=O) groups excluding carboxylic acids is 1. The van der Waals surface area contributed by atoms with Crippen molar-refractivity contribution in [3.63, 3.8) is 0 Å². The standard InChI is InChI=1S/C17H17F2N3OS/c18-13-5-4-11(10-14(13)19)22-15-3-1-2-12(15)16(20-22)17(23)21-6-8-24-9-7-21/h4-5,10H,1-3,6-9H2. The first-order chi connectivity index (χ1) is 11.6. The molecular weight excluding hydrogens is 332 g/mol. The summed E-state index contributed by atoms with van der Waals surface area (Å²) in [6.07, 6.45) is 2.56. The second kappa shape index (κ2) is 6.20. The van der Waals surface area contributed by atoms with Crippen LogP contribution in [0.4, 0.5) is 8.78 Å². The minimum absolute atomic E-state index is 0.0465. The van der Waals surface area contributed by atoms with Crippen molar-refractivity contribution in [1.82, 2.24) is 14.7 Å². The van der Waals surface area contributed by atoms with Gasteiger partial charge in [0, 0.05) is 41.9 Å². The minimum Gasteiger partial charge on any atom is -0.336 e. The molecule has 1 aliphatic carbocycles. The zero-order valence-electron chi connectivity index (χ0n) is 13.1. The van der Waals surface area contributed by atoms with Crippen molar-refractivity contribution < 1.29 is 13.6 Å². The fraction of sp³-hybridized carbons (Fsp3) is 0.412. The Balaban J connectivity index is 1.74. The first kappa shape index (κ1) is 15.6. The lowest BCUT2D eigenvalue weighted by atomic mass is 10.2. The molecule has 0 bridgehead atoms. The molecule has 4 nitrogen and oxygen atoms in total. The molecule has 24 heavy (non-hydrogen) atoms. The summed E-state index contributed by atoms with van der Waals surface area (Å²) in [6, 6.07) is 3.72. The number of aromatic nitrogens is 2. The molecule has 0 saturated carbocycles. The van der Waals surface area contributed by atoms with Crippen LogP contribution in [0.3, 0.4) is 0 Å². The number of hydrogen-bond donors (Lipinski definition) is 0. The van der Waals surface area contributed by atoms with E-state index in [9.17, 15) is 13.6 Å². The number of carbonyl (C=O) groups is 1. The number of halogens is 2. The fourth-order valence-corrected chi connectivity index (χ4v) is 4.26. The normalized spacial score (nSPS) is 17.2. The van der Waals surface area contributed by atoms with Gasteiger partial charge in [0.15, 0.2) is 17.3 Å². The van der Waals surface area contributed by atoms with Crippen molar-refractivity contribution in [2.24, 2.45) is 0 Å². The van der Waals surface area contributed by atoms with Gasteiger partial charge in [-0.2, -0.15) is 16.9 Å². The molecule has 2 aromatic rings. The SMILES string of the molecule is O=C(c1nn(-c2ccc(F)c(F)c2)c2c1CCC2)N1CCSCC1. The van der Waals surface area contributed by atoms with Gasteiger partial charge in [0.2, 0.25) is 0 Å². The molecule has 0 N–H and O–H groups in total. The van der Waals surface area contributed by atoms with Gasteiger partial charge in [-0.15, -0.1) is 0 Å². The summed E-state index contributed by atoms with van der Waals surface area (Å²) in [6.45, 7) is 1.46. The Morgan fingerprint density at radius 3 is 2.67 bits per heavy atom. The highest BCUT2D eigenvalue weighted by atomic mass is 32.2. The van der Waals surface area contributed by atoms with Crippen LogP contribution in [0.15, 0.2) is 18.2 Å². The van der Waals surface area contributed by atoms with Crippen molar-refractivity contribution in [2.45, 2.75) is 19.3 Å². The highest BCUT2D eigenvalue weighted by molar-refractivity contribution is 7.99. The van der Waals surface area contributed by atoms with E-state index in [0.717, 1.165) is 67.2 Å². The summed E-state index contributed by atoms with van der Waals surface area (Å²) in [5, 5.41) is 4.48. The van der Waals surface area contributed by atoms with Gasteiger partial charge in [0.05, 0.1) is 5.69 Å². The number of nitrogens with zero attached hydrogens (tertiary/aromatic N) is 3. The van der Waals surface area contributed by atoms with Crippen LogP contribution in [0.25, 0.3) is 5.69 Å². The molecule has 0 radical (unpaired) electrons. The van der Waals surface area contributed by atoms with E-state index in [1.165, 1.54) is 6.07 Å². The number of fused-ring (bicyclic) bond motifs is 1. The zero-order valence-corrected chi connectivity index (χ0v) is 13.9. The van der Waals surface area contributed by atoms with E-state index in [4.69, 9.17) is 0 Å². The van der Waals surface area contributed by atoms with Gasteiger partial charge in [0.25, 0.3) is 5.91 Å². The molecule has 1 fully saturated rings. The predicted octanol–water partition coefficient (Wildman–Crippen LogP) is 2.83. The van der Waals surface area contributed by atoms with Crippen molar-refractivity contribution >= 4 is 17.7 Å². The largest absolute Gasteiger partial charge is 0.336 e. The van der Waals surface area contributed by atoms with Crippen LogP contribution in [0.1, 0.15) is 28.2 Å². The minimum atomic E-state index is -0.907. The zero-order chi connectivity index (χ0) is 16.7. The van der Waals surface area contributed by atoms with Crippen LogP contribution in [0, 0.1) is 11.6 Å². The molecule has 0 atom stereocenters. The number of amides is 1. The van der Waals surface area contributed by atoms with Crippen LogP contribution in [0.2, 0.25) is 0 Å². The Morgan fingerprint density at radius 2 is 1.92 bits per heavy atom. The van der Waals surface area contributed by atoms with Gasteiger partial charge in [-0.1, -0.05) is 0 Å². The molecule has 4 rings (SSSR count). The van der Waals surface area contributed by atoms with E-state index in [-0.39, 0.29) is 5.91 Å². The summed E-state index contributed by atoms with van der Waals surface area (Å²) in [7, 11) is 0. The number of benzene rings is 1. The quantitative estimate of drug-likeness (QED) is 0.837. The van der Waals surface area contributed by atoms with Crippen LogP contribution in [-0.4, -0.2) is 45.2 Å². The summed E-state index contributed by atoms with van der Waals surface area (Å²) in [5.41, 5.74) is 2.83. The van der Waals surface area contributed by atoms with Crippen molar-refractivity contribution in [3.8, 4) is 5.69 Å². The van der Waals surface area contributed by atoms with Crippen LogP contribution >= 0.6 is 11.8 Å². The Morgan fingerprint density at radius 1 is 1.12 bits per heavy atom. The maximum absolute atomic E-state index is 13.6. The van der Waals surface area contributed by atoms with Crippen LogP contribution in [-0.2, 0) is 12.8 Å². The van der Waals surface area contributed by atoms with E-state index in [0.29, 0.717) is 11.4 Å². The van der Waals surface area contributed by atoms with Crippen molar-refractivity contribution in [1.29, 1.82) is 0 Å². The fourth-order valence-electron chi connectivity index (χ4n) is 3.36.